The molecule has 1 atom stereocenters. The van der Waals surface area contributed by atoms with E-state index in [1.807, 2.05) is 33.8 Å². The lowest BCUT2D eigenvalue weighted by Crippen LogP contribution is -2.51. The van der Waals surface area contributed by atoms with Gasteiger partial charge in [-0.05, 0) is 57.1 Å². The minimum atomic E-state index is -0.518. The van der Waals surface area contributed by atoms with Crippen molar-refractivity contribution in [3.63, 3.8) is 0 Å². The maximum Gasteiger partial charge on any atom is 0.410 e. The number of piperazine rings is 1. The monoisotopic (exact) mass is 378 g/mol. The first kappa shape index (κ1) is 21.5. The molecule has 6 nitrogen and oxygen atoms in total. The largest absolute Gasteiger partial charge is 0.444 e. The number of aliphatic hydroxyl groups excluding tert-OH is 1. The van der Waals surface area contributed by atoms with Crippen molar-refractivity contribution in [1.82, 2.24) is 9.80 Å². The molecule has 6 heteroatoms. The van der Waals surface area contributed by atoms with E-state index < -0.39 is 11.7 Å². The average molecular weight is 379 g/mol. The molecule has 1 aliphatic heterocycles. The van der Waals surface area contributed by atoms with Crippen molar-refractivity contribution >= 4 is 12.0 Å². The van der Waals surface area contributed by atoms with E-state index in [4.69, 9.17) is 4.74 Å². The summed E-state index contributed by atoms with van der Waals surface area (Å²) in [5.74, 6) is -0.0602. The lowest BCUT2D eigenvalue weighted by Gasteiger charge is -2.36. The maximum absolute atomic E-state index is 12.6. The van der Waals surface area contributed by atoms with Crippen LogP contribution in [0.2, 0.25) is 0 Å². The van der Waals surface area contributed by atoms with Gasteiger partial charge in [0.1, 0.15) is 5.60 Å². The Morgan fingerprint density at radius 3 is 2.26 bits per heavy atom. The van der Waals surface area contributed by atoms with Gasteiger partial charge in [-0.25, -0.2) is 4.79 Å². The van der Waals surface area contributed by atoms with Crippen LogP contribution in [0.5, 0.6) is 0 Å². The van der Waals surface area contributed by atoms with E-state index in [0.717, 1.165) is 24.0 Å². The van der Waals surface area contributed by atoms with Crippen LogP contribution in [0.15, 0.2) is 23.3 Å². The smallest absolute Gasteiger partial charge is 0.410 e. The average Bonchev–Trinajstić information content (AvgIpc) is 2.57. The Morgan fingerprint density at radius 1 is 1.15 bits per heavy atom. The summed E-state index contributed by atoms with van der Waals surface area (Å²) in [6.07, 6.45) is 4.36. The van der Waals surface area contributed by atoms with Crippen LogP contribution in [0.3, 0.4) is 0 Å². The molecule has 0 spiro atoms. The van der Waals surface area contributed by atoms with Crippen LogP contribution < -0.4 is 0 Å². The highest BCUT2D eigenvalue weighted by atomic mass is 16.6. The number of ether oxygens (including phenoxy) is 1. The molecule has 2 amide bonds. The van der Waals surface area contributed by atoms with Gasteiger partial charge in [0, 0.05) is 32.3 Å². The number of carbonyl (C=O) groups is 2. The molecule has 1 unspecified atom stereocenters. The Kier molecular flexibility index (Phi) is 6.40. The fourth-order valence-electron chi connectivity index (χ4n) is 3.61. The molecule has 0 aromatic heterocycles. The fourth-order valence-corrected chi connectivity index (χ4v) is 3.61. The number of allylic oxidation sites excluding steroid dienone is 2. The van der Waals surface area contributed by atoms with Crippen molar-refractivity contribution in [2.75, 3.05) is 26.2 Å². The molecule has 1 N–H and O–H groups in total. The number of aliphatic hydroxyl groups is 1. The van der Waals surface area contributed by atoms with Crippen molar-refractivity contribution in [1.29, 1.82) is 0 Å². The summed E-state index contributed by atoms with van der Waals surface area (Å²) in [6, 6.07) is 0. The van der Waals surface area contributed by atoms with Crippen molar-refractivity contribution in [2.24, 2.45) is 5.41 Å². The van der Waals surface area contributed by atoms with Crippen LogP contribution in [-0.2, 0) is 9.53 Å². The van der Waals surface area contributed by atoms with Crippen molar-refractivity contribution in [3.8, 4) is 0 Å². The van der Waals surface area contributed by atoms with E-state index in [1.165, 1.54) is 0 Å². The third-order valence-corrected chi connectivity index (χ3v) is 5.33. The van der Waals surface area contributed by atoms with Crippen molar-refractivity contribution in [2.45, 2.75) is 66.1 Å². The molecule has 2 rings (SSSR count). The molecule has 0 aromatic rings. The fraction of sp³-hybridized carbons (Fsp3) is 0.714. The van der Waals surface area contributed by atoms with Gasteiger partial charge < -0.3 is 19.6 Å². The molecule has 0 aromatic carbocycles. The van der Waals surface area contributed by atoms with Gasteiger partial charge in [0.15, 0.2) is 0 Å². The molecular weight excluding hydrogens is 344 g/mol. The standard InChI is InChI=1S/C21H34N2O4/c1-15-16(21(5,6)10-9-17(15)24)7-8-18(25)22-11-13-23(14-12-22)19(26)27-20(2,3)4/h7-8,17,24H,9-14H2,1-6H3. The summed E-state index contributed by atoms with van der Waals surface area (Å²) >= 11 is 0. The van der Waals surface area contributed by atoms with E-state index in [-0.39, 0.29) is 17.4 Å². The van der Waals surface area contributed by atoms with Crippen molar-refractivity contribution < 1.29 is 19.4 Å². The molecule has 0 radical (unpaired) electrons. The third kappa shape index (κ3) is 5.58. The van der Waals surface area contributed by atoms with E-state index >= 15 is 0 Å². The summed E-state index contributed by atoms with van der Waals surface area (Å²) in [4.78, 5) is 28.1. The summed E-state index contributed by atoms with van der Waals surface area (Å²) in [5, 5.41) is 10.1. The molecular formula is C21H34N2O4. The zero-order valence-corrected chi connectivity index (χ0v) is 17.5. The van der Waals surface area contributed by atoms with Crippen LogP contribution in [-0.4, -0.2) is 64.8 Å². The van der Waals surface area contributed by atoms with E-state index in [2.05, 4.69) is 13.8 Å². The van der Waals surface area contributed by atoms with Gasteiger partial charge in [-0.3, -0.25) is 4.79 Å². The Balaban J connectivity index is 1.95. The first-order valence-corrected chi connectivity index (χ1v) is 9.75. The second-order valence-electron chi connectivity index (χ2n) is 9.16. The van der Waals surface area contributed by atoms with E-state index in [0.29, 0.717) is 26.2 Å². The number of nitrogens with zero attached hydrogens (tertiary/aromatic N) is 2. The topological polar surface area (TPSA) is 70.1 Å². The summed E-state index contributed by atoms with van der Waals surface area (Å²) in [7, 11) is 0. The summed E-state index contributed by atoms with van der Waals surface area (Å²) in [6.45, 7) is 13.7. The minimum Gasteiger partial charge on any atom is -0.444 e. The molecule has 1 fully saturated rings. The van der Waals surface area contributed by atoms with Crippen LogP contribution in [0.25, 0.3) is 0 Å². The predicted octanol–water partition coefficient (Wildman–Crippen LogP) is 3.12. The molecule has 152 valence electrons. The number of amides is 2. The SMILES string of the molecule is CC1=C(C=CC(=O)N2CCN(C(=O)OC(C)(C)C)CC2)C(C)(C)CCC1O. The lowest BCUT2D eigenvalue weighted by molar-refractivity contribution is -0.127. The van der Waals surface area contributed by atoms with Gasteiger partial charge in [-0.2, -0.15) is 0 Å². The zero-order valence-electron chi connectivity index (χ0n) is 17.5. The first-order valence-electron chi connectivity index (χ1n) is 9.75. The van der Waals surface area contributed by atoms with E-state index in [9.17, 15) is 14.7 Å². The van der Waals surface area contributed by atoms with Crippen LogP contribution >= 0.6 is 0 Å². The normalized spacial score (nSPS) is 23.7. The van der Waals surface area contributed by atoms with Crippen molar-refractivity contribution in [3.05, 3.63) is 23.3 Å². The van der Waals surface area contributed by atoms with Gasteiger partial charge in [-0.1, -0.05) is 19.9 Å². The van der Waals surface area contributed by atoms with Crippen LogP contribution in [0, 0.1) is 5.41 Å². The van der Waals surface area contributed by atoms with Gasteiger partial charge >= 0.3 is 6.09 Å². The van der Waals surface area contributed by atoms with Crippen LogP contribution in [0.4, 0.5) is 4.79 Å². The molecule has 1 saturated heterocycles. The Labute approximate surface area is 162 Å². The number of hydrogen-bond acceptors (Lipinski definition) is 4. The second-order valence-corrected chi connectivity index (χ2v) is 9.16. The highest BCUT2D eigenvalue weighted by Gasteiger charge is 2.31. The Bertz CT molecular complexity index is 635. The lowest BCUT2D eigenvalue weighted by atomic mass is 9.71. The second kappa shape index (κ2) is 8.05. The highest BCUT2D eigenvalue weighted by molar-refractivity contribution is 5.88. The maximum atomic E-state index is 12.6. The minimum absolute atomic E-state index is 0.0461. The first-order chi connectivity index (χ1) is 12.4. The van der Waals surface area contributed by atoms with E-state index in [1.54, 1.807) is 15.9 Å². The number of rotatable bonds is 2. The molecule has 0 bridgehead atoms. The third-order valence-electron chi connectivity index (χ3n) is 5.33. The molecule has 0 saturated carbocycles. The van der Waals surface area contributed by atoms with Gasteiger partial charge in [-0.15, -0.1) is 0 Å². The number of carbonyl (C=O) groups excluding carboxylic acids is 2. The predicted molar refractivity (Wildman–Crippen MR) is 105 cm³/mol. The Morgan fingerprint density at radius 2 is 1.70 bits per heavy atom. The van der Waals surface area contributed by atoms with Gasteiger partial charge in [0.05, 0.1) is 6.10 Å². The number of hydrogen-bond donors (Lipinski definition) is 1. The molecule has 1 aliphatic carbocycles. The zero-order chi connectivity index (χ0) is 20.4. The van der Waals surface area contributed by atoms with Gasteiger partial charge in [0.25, 0.3) is 0 Å². The van der Waals surface area contributed by atoms with Crippen LogP contribution in [0.1, 0.15) is 54.4 Å². The molecule has 2 aliphatic rings. The quantitative estimate of drug-likeness (QED) is 0.750. The molecule has 27 heavy (non-hydrogen) atoms. The Hall–Kier alpha value is -1.82. The molecule has 1 heterocycles. The van der Waals surface area contributed by atoms with Gasteiger partial charge in [0.2, 0.25) is 5.91 Å². The highest BCUT2D eigenvalue weighted by Crippen LogP contribution is 2.40. The summed E-state index contributed by atoms with van der Waals surface area (Å²) in [5.41, 5.74) is 1.43. The summed E-state index contributed by atoms with van der Waals surface area (Å²) < 4.78 is 5.38.